The lowest BCUT2D eigenvalue weighted by Crippen LogP contribution is -2.57. The summed E-state index contributed by atoms with van der Waals surface area (Å²) in [6, 6.07) is 6.13. The predicted octanol–water partition coefficient (Wildman–Crippen LogP) is 2.33. The molecule has 1 atom stereocenters. The summed E-state index contributed by atoms with van der Waals surface area (Å²) in [5.74, 6) is 0.0600. The number of aromatic nitrogens is 5. The number of aryl methyl sites for hydroxylation is 1. The highest BCUT2D eigenvalue weighted by atomic mass is 16.6. The second-order valence-electron chi connectivity index (χ2n) is 9.79. The molecule has 14 nitrogen and oxygen atoms in total. The smallest absolute Gasteiger partial charge is 0.410 e. The zero-order valence-electron chi connectivity index (χ0n) is 22.6. The Morgan fingerprint density at radius 3 is 2.49 bits per heavy atom. The molecule has 14 heteroatoms. The lowest BCUT2D eigenvalue weighted by Gasteiger charge is -2.40. The van der Waals surface area contributed by atoms with Gasteiger partial charge in [0.15, 0.2) is 23.1 Å². The first-order chi connectivity index (χ1) is 18.5. The van der Waals surface area contributed by atoms with E-state index in [1.165, 1.54) is 25.1 Å². The minimum Gasteiger partial charge on any atom is -0.494 e. The van der Waals surface area contributed by atoms with Gasteiger partial charge in [-0.3, -0.25) is 19.2 Å². The molecule has 0 saturated carbocycles. The van der Waals surface area contributed by atoms with Crippen molar-refractivity contribution in [2.24, 2.45) is 7.05 Å². The SMILES string of the molecule is CNC(=O)c1nnc(NC(=O)C2CCN2C(=O)OC(C)(C)C)cc1Nc1cccc(-c2ncn(C)n2)c1OC. The summed E-state index contributed by atoms with van der Waals surface area (Å²) in [5.41, 5.74) is 0.723. The van der Waals surface area contributed by atoms with Gasteiger partial charge in [0.2, 0.25) is 5.91 Å². The number of ether oxygens (including phenoxy) is 2. The average molecular weight is 538 g/mol. The molecule has 3 aromatic rings. The van der Waals surface area contributed by atoms with Crippen LogP contribution in [0.25, 0.3) is 11.4 Å². The maximum atomic E-state index is 13.0. The number of hydrogen-bond donors (Lipinski definition) is 3. The fourth-order valence-corrected chi connectivity index (χ4v) is 3.88. The van der Waals surface area contributed by atoms with Gasteiger partial charge >= 0.3 is 6.09 Å². The van der Waals surface area contributed by atoms with Crippen LogP contribution in [0.2, 0.25) is 0 Å². The second-order valence-corrected chi connectivity index (χ2v) is 9.79. The van der Waals surface area contributed by atoms with E-state index in [2.05, 4.69) is 36.2 Å². The highest BCUT2D eigenvalue weighted by molar-refractivity contribution is 6.00. The number of nitrogens with one attached hydrogen (secondary N) is 3. The van der Waals surface area contributed by atoms with Crippen molar-refractivity contribution in [1.82, 2.24) is 35.2 Å². The van der Waals surface area contributed by atoms with Crippen LogP contribution in [0.3, 0.4) is 0 Å². The van der Waals surface area contributed by atoms with E-state index in [1.54, 1.807) is 51.0 Å². The molecule has 0 spiro atoms. The van der Waals surface area contributed by atoms with Crippen molar-refractivity contribution in [3.63, 3.8) is 0 Å². The third-order valence-corrected chi connectivity index (χ3v) is 5.77. The maximum absolute atomic E-state index is 13.0. The molecule has 0 aliphatic carbocycles. The van der Waals surface area contributed by atoms with Gasteiger partial charge in [0.05, 0.1) is 24.0 Å². The fourth-order valence-electron chi connectivity index (χ4n) is 3.88. The first-order valence-corrected chi connectivity index (χ1v) is 12.2. The average Bonchev–Trinajstić information content (AvgIpc) is 3.27. The molecule has 1 aliphatic heterocycles. The zero-order chi connectivity index (χ0) is 28.3. The predicted molar refractivity (Wildman–Crippen MR) is 142 cm³/mol. The van der Waals surface area contributed by atoms with Crippen LogP contribution in [-0.4, -0.2) is 80.1 Å². The number of hydrogen-bond acceptors (Lipinski definition) is 10. The van der Waals surface area contributed by atoms with Crippen LogP contribution in [0.1, 0.15) is 37.7 Å². The molecule has 0 radical (unpaired) electrons. The largest absolute Gasteiger partial charge is 0.494 e. The minimum atomic E-state index is -0.709. The molecule has 1 unspecified atom stereocenters. The lowest BCUT2D eigenvalue weighted by molar-refractivity contribution is -0.125. The second kappa shape index (κ2) is 10.9. The quantitative estimate of drug-likeness (QED) is 0.407. The van der Waals surface area contributed by atoms with Crippen molar-refractivity contribution in [3.05, 3.63) is 36.3 Å². The summed E-state index contributed by atoms with van der Waals surface area (Å²) < 4.78 is 12.6. The van der Waals surface area contributed by atoms with Crippen LogP contribution in [-0.2, 0) is 16.6 Å². The standard InChI is InChI=1S/C25H31N9O5/c1-25(2,3)39-24(37)34-11-10-17(34)22(35)29-18-12-16(19(31-30-18)23(36)26-4)28-15-9-7-8-14(20(15)38-6)21-27-13-33(5)32-21/h7-9,12-13,17H,10-11H2,1-6H3,(H,26,36)(H2,28,29,30,35). The summed E-state index contributed by atoms with van der Waals surface area (Å²) in [4.78, 5) is 43.6. The van der Waals surface area contributed by atoms with Gasteiger partial charge in [-0.05, 0) is 39.3 Å². The van der Waals surface area contributed by atoms with Gasteiger partial charge in [0.1, 0.15) is 18.0 Å². The minimum absolute atomic E-state index is 0.00191. The Balaban J connectivity index is 1.60. The molecule has 4 rings (SSSR count). The first-order valence-electron chi connectivity index (χ1n) is 12.2. The molecule has 1 saturated heterocycles. The lowest BCUT2D eigenvalue weighted by atomic mass is 10.0. The van der Waals surface area contributed by atoms with Gasteiger partial charge in [0, 0.05) is 26.7 Å². The Morgan fingerprint density at radius 1 is 1.13 bits per heavy atom. The van der Waals surface area contributed by atoms with Gasteiger partial charge in [-0.2, -0.15) is 5.10 Å². The number of carbonyl (C=O) groups is 3. The van der Waals surface area contributed by atoms with Gasteiger partial charge in [0.25, 0.3) is 5.91 Å². The number of likely N-dealkylation sites (tertiary alicyclic amines) is 1. The molecule has 3 amide bonds. The molecule has 1 aliphatic rings. The van der Waals surface area contributed by atoms with E-state index in [-0.39, 0.29) is 17.2 Å². The topological polar surface area (TPSA) is 165 Å². The highest BCUT2D eigenvalue weighted by Gasteiger charge is 2.40. The van der Waals surface area contributed by atoms with Gasteiger partial charge < -0.3 is 25.4 Å². The molecule has 1 fully saturated rings. The van der Waals surface area contributed by atoms with Crippen LogP contribution >= 0.6 is 0 Å². The molecule has 2 aromatic heterocycles. The third-order valence-electron chi connectivity index (χ3n) is 5.77. The van der Waals surface area contributed by atoms with E-state index < -0.39 is 29.6 Å². The van der Waals surface area contributed by atoms with Crippen molar-refractivity contribution in [1.29, 1.82) is 0 Å². The zero-order valence-corrected chi connectivity index (χ0v) is 22.6. The van der Waals surface area contributed by atoms with Crippen molar-refractivity contribution >= 4 is 35.1 Å². The Hall–Kier alpha value is -4.75. The van der Waals surface area contributed by atoms with Crippen LogP contribution < -0.4 is 20.7 Å². The number of para-hydroxylation sites is 1. The number of benzene rings is 1. The Morgan fingerprint density at radius 2 is 1.90 bits per heavy atom. The number of anilines is 3. The highest BCUT2D eigenvalue weighted by Crippen LogP contribution is 2.37. The molecule has 3 heterocycles. The van der Waals surface area contributed by atoms with Crippen LogP contribution in [0.5, 0.6) is 5.75 Å². The Kier molecular flexibility index (Phi) is 7.65. The molecule has 1 aromatic carbocycles. The van der Waals surface area contributed by atoms with E-state index in [0.717, 1.165) is 0 Å². The normalized spacial score (nSPS) is 14.7. The van der Waals surface area contributed by atoms with Crippen LogP contribution in [0.15, 0.2) is 30.6 Å². The van der Waals surface area contributed by atoms with Crippen molar-refractivity contribution < 1.29 is 23.9 Å². The molecule has 3 N–H and O–H groups in total. The van der Waals surface area contributed by atoms with E-state index in [0.29, 0.717) is 35.8 Å². The first kappa shape index (κ1) is 27.3. The summed E-state index contributed by atoms with van der Waals surface area (Å²) in [7, 11) is 4.74. The molecular formula is C25H31N9O5. The van der Waals surface area contributed by atoms with Crippen molar-refractivity contribution in [3.8, 4) is 17.1 Å². The summed E-state index contributed by atoms with van der Waals surface area (Å²) >= 11 is 0. The summed E-state index contributed by atoms with van der Waals surface area (Å²) in [6.45, 7) is 5.68. The van der Waals surface area contributed by atoms with Gasteiger partial charge in [-0.1, -0.05) is 6.07 Å². The van der Waals surface area contributed by atoms with E-state index in [4.69, 9.17) is 9.47 Å². The van der Waals surface area contributed by atoms with Crippen molar-refractivity contribution in [2.45, 2.75) is 38.8 Å². The number of methoxy groups -OCH3 is 1. The molecule has 0 bridgehead atoms. The monoisotopic (exact) mass is 537 g/mol. The third kappa shape index (κ3) is 6.05. The maximum Gasteiger partial charge on any atom is 0.410 e. The summed E-state index contributed by atoms with van der Waals surface area (Å²) in [6.07, 6.45) is 1.49. The van der Waals surface area contributed by atoms with Crippen LogP contribution in [0.4, 0.5) is 22.0 Å². The Labute approximate surface area is 225 Å². The number of nitrogens with zero attached hydrogens (tertiary/aromatic N) is 6. The molecule has 206 valence electrons. The fraction of sp³-hybridized carbons (Fsp3) is 0.400. The molecule has 39 heavy (non-hydrogen) atoms. The number of rotatable bonds is 7. The van der Waals surface area contributed by atoms with Crippen LogP contribution in [0, 0.1) is 0 Å². The Bertz CT molecular complexity index is 1400. The van der Waals surface area contributed by atoms with Gasteiger partial charge in [-0.15, -0.1) is 10.2 Å². The van der Waals surface area contributed by atoms with E-state index >= 15 is 0 Å². The summed E-state index contributed by atoms with van der Waals surface area (Å²) in [5, 5.41) is 20.7. The van der Waals surface area contributed by atoms with E-state index in [9.17, 15) is 14.4 Å². The van der Waals surface area contributed by atoms with Gasteiger partial charge in [-0.25, -0.2) is 9.78 Å². The molecular weight excluding hydrogens is 506 g/mol. The van der Waals surface area contributed by atoms with Crippen molar-refractivity contribution in [2.75, 3.05) is 31.3 Å². The van der Waals surface area contributed by atoms with E-state index in [1.807, 2.05) is 6.07 Å². The number of carbonyl (C=O) groups excluding carboxylic acids is 3. The number of amides is 3.